The monoisotopic (exact) mass is 354 g/mol. The zero-order chi connectivity index (χ0) is 17.4. The van der Waals surface area contributed by atoms with E-state index in [9.17, 15) is 4.79 Å². The number of hydrogen-bond acceptors (Lipinski definition) is 3. The minimum atomic E-state index is -0.0426. The lowest BCUT2D eigenvalue weighted by molar-refractivity contribution is 0.0702. The second-order valence-electron chi connectivity index (χ2n) is 6.61. The maximum atomic E-state index is 12.9. The van der Waals surface area contributed by atoms with Gasteiger partial charge < -0.3 is 4.90 Å². The molecule has 1 atom stereocenters. The number of rotatable bonds is 2. The number of halogens is 1. The third kappa shape index (κ3) is 3.24. The van der Waals surface area contributed by atoms with Gasteiger partial charge in [0.05, 0.1) is 11.2 Å². The molecule has 5 nitrogen and oxygen atoms in total. The van der Waals surface area contributed by atoms with Crippen molar-refractivity contribution >= 4 is 23.3 Å². The fraction of sp³-hybridized carbons (Fsp3) is 0.316. The number of fused-ring (bicyclic) bond motifs is 1. The molecule has 3 aromatic rings. The highest BCUT2D eigenvalue weighted by molar-refractivity contribution is 6.30. The standard InChI is InChI=1S/C19H19ClN4O/c1-13-4-2-5-14(8-13)15-6-3-7-23(10-15)18(25)17-12-24-11-16(20)9-21-19(24)22-17/h2,4-5,8-9,11-12,15H,3,6-7,10H2,1H3. The Kier molecular flexibility index (Phi) is 4.17. The smallest absolute Gasteiger partial charge is 0.274 e. The van der Waals surface area contributed by atoms with Crippen LogP contribution in [0.1, 0.15) is 40.4 Å². The number of carbonyl (C=O) groups is 1. The van der Waals surface area contributed by atoms with Crippen LogP contribution >= 0.6 is 11.6 Å². The molecule has 1 aliphatic rings. The molecule has 0 N–H and O–H groups in total. The summed E-state index contributed by atoms with van der Waals surface area (Å²) in [6, 6.07) is 8.56. The van der Waals surface area contributed by atoms with E-state index in [0.717, 1.165) is 25.9 Å². The molecular weight excluding hydrogens is 336 g/mol. The summed E-state index contributed by atoms with van der Waals surface area (Å²) in [6.07, 6.45) is 7.05. The van der Waals surface area contributed by atoms with Crippen molar-refractivity contribution in [2.45, 2.75) is 25.7 Å². The van der Waals surface area contributed by atoms with E-state index in [1.165, 1.54) is 17.3 Å². The number of amides is 1. The Morgan fingerprint density at radius 3 is 3.04 bits per heavy atom. The molecule has 25 heavy (non-hydrogen) atoms. The quantitative estimate of drug-likeness (QED) is 0.705. The first kappa shape index (κ1) is 16.1. The summed E-state index contributed by atoms with van der Waals surface area (Å²) in [4.78, 5) is 23.3. The predicted molar refractivity (Wildman–Crippen MR) is 97.1 cm³/mol. The Labute approximate surface area is 151 Å². The van der Waals surface area contributed by atoms with E-state index in [2.05, 4.69) is 41.2 Å². The molecule has 1 saturated heterocycles. The molecule has 1 aliphatic heterocycles. The number of aromatic nitrogens is 3. The van der Waals surface area contributed by atoms with E-state index in [1.54, 1.807) is 16.8 Å². The first-order valence-electron chi connectivity index (χ1n) is 8.46. The van der Waals surface area contributed by atoms with Crippen LogP contribution in [-0.2, 0) is 0 Å². The molecule has 0 saturated carbocycles. The lowest BCUT2D eigenvalue weighted by atomic mass is 9.90. The Morgan fingerprint density at radius 1 is 1.32 bits per heavy atom. The van der Waals surface area contributed by atoms with Gasteiger partial charge in [0.1, 0.15) is 5.69 Å². The number of benzene rings is 1. The largest absolute Gasteiger partial charge is 0.337 e. The zero-order valence-electron chi connectivity index (χ0n) is 14.0. The normalized spacial score (nSPS) is 17.8. The molecule has 1 aromatic carbocycles. The highest BCUT2D eigenvalue weighted by Gasteiger charge is 2.27. The number of piperidine rings is 1. The van der Waals surface area contributed by atoms with Gasteiger partial charge in [-0.2, -0.15) is 0 Å². The van der Waals surface area contributed by atoms with Crippen LogP contribution in [0.2, 0.25) is 5.02 Å². The zero-order valence-corrected chi connectivity index (χ0v) is 14.8. The van der Waals surface area contributed by atoms with Crippen LogP contribution in [0.25, 0.3) is 5.78 Å². The van der Waals surface area contributed by atoms with E-state index in [4.69, 9.17) is 11.6 Å². The van der Waals surface area contributed by atoms with Gasteiger partial charge in [0.15, 0.2) is 0 Å². The maximum absolute atomic E-state index is 12.9. The molecular formula is C19H19ClN4O. The number of carbonyl (C=O) groups excluding carboxylic acids is 1. The van der Waals surface area contributed by atoms with E-state index in [-0.39, 0.29) is 5.91 Å². The second-order valence-corrected chi connectivity index (χ2v) is 7.05. The summed E-state index contributed by atoms with van der Waals surface area (Å²) in [5.41, 5.74) is 2.98. The average Bonchev–Trinajstić information content (AvgIpc) is 3.04. The van der Waals surface area contributed by atoms with Gasteiger partial charge in [0.2, 0.25) is 5.78 Å². The maximum Gasteiger partial charge on any atom is 0.274 e. The van der Waals surface area contributed by atoms with E-state index in [1.807, 2.05) is 4.90 Å². The number of likely N-dealkylation sites (tertiary alicyclic amines) is 1. The van der Waals surface area contributed by atoms with Crippen molar-refractivity contribution in [2.75, 3.05) is 13.1 Å². The summed E-state index contributed by atoms with van der Waals surface area (Å²) in [7, 11) is 0. The van der Waals surface area contributed by atoms with E-state index >= 15 is 0 Å². The van der Waals surface area contributed by atoms with Crippen molar-refractivity contribution in [3.8, 4) is 0 Å². The van der Waals surface area contributed by atoms with E-state index < -0.39 is 0 Å². The fourth-order valence-corrected chi connectivity index (χ4v) is 3.64. The topological polar surface area (TPSA) is 50.5 Å². The fourth-order valence-electron chi connectivity index (χ4n) is 3.48. The predicted octanol–water partition coefficient (Wildman–Crippen LogP) is 3.71. The molecule has 4 rings (SSSR count). The van der Waals surface area contributed by atoms with E-state index in [0.29, 0.717) is 22.4 Å². The average molecular weight is 355 g/mol. The molecule has 128 valence electrons. The Bertz CT molecular complexity index is 936. The Morgan fingerprint density at radius 2 is 2.20 bits per heavy atom. The summed E-state index contributed by atoms with van der Waals surface area (Å²) < 4.78 is 1.69. The molecule has 0 radical (unpaired) electrons. The SMILES string of the molecule is Cc1cccc(C2CCCN(C(=O)c3cn4cc(Cl)cnc4n3)C2)c1. The first-order valence-corrected chi connectivity index (χ1v) is 8.84. The molecule has 1 unspecified atom stereocenters. The van der Waals surface area contributed by atoms with Gasteiger partial charge in [-0.3, -0.25) is 9.20 Å². The van der Waals surface area contributed by atoms with Gasteiger partial charge in [-0.15, -0.1) is 0 Å². The van der Waals surface area contributed by atoms with Gasteiger partial charge in [-0.25, -0.2) is 9.97 Å². The van der Waals surface area contributed by atoms with Gasteiger partial charge in [-0.1, -0.05) is 41.4 Å². The van der Waals surface area contributed by atoms with Crippen LogP contribution in [0.15, 0.2) is 42.9 Å². The summed E-state index contributed by atoms with van der Waals surface area (Å²) >= 11 is 5.95. The molecule has 1 amide bonds. The highest BCUT2D eigenvalue weighted by atomic mass is 35.5. The van der Waals surface area contributed by atoms with Crippen LogP contribution in [0.4, 0.5) is 0 Å². The second kappa shape index (κ2) is 6.48. The molecule has 1 fully saturated rings. The van der Waals surface area contributed by atoms with Crippen LogP contribution in [0, 0.1) is 6.92 Å². The third-order valence-electron chi connectivity index (χ3n) is 4.72. The van der Waals surface area contributed by atoms with Crippen LogP contribution in [-0.4, -0.2) is 38.3 Å². The lowest BCUT2D eigenvalue weighted by Crippen LogP contribution is -2.39. The van der Waals surface area contributed by atoms with Gasteiger partial charge in [0.25, 0.3) is 5.91 Å². The van der Waals surface area contributed by atoms with Crippen molar-refractivity contribution < 1.29 is 4.79 Å². The Balaban J connectivity index is 1.56. The molecule has 0 bridgehead atoms. The number of hydrogen-bond donors (Lipinski definition) is 0. The van der Waals surface area contributed by atoms with Crippen molar-refractivity contribution in [2.24, 2.45) is 0 Å². The van der Waals surface area contributed by atoms with Gasteiger partial charge in [-0.05, 0) is 25.3 Å². The van der Waals surface area contributed by atoms with Gasteiger partial charge in [0, 0.05) is 31.4 Å². The van der Waals surface area contributed by atoms with Crippen molar-refractivity contribution in [1.29, 1.82) is 0 Å². The Hall–Kier alpha value is -2.40. The lowest BCUT2D eigenvalue weighted by Gasteiger charge is -2.32. The minimum absolute atomic E-state index is 0.0426. The minimum Gasteiger partial charge on any atom is -0.337 e. The summed E-state index contributed by atoms with van der Waals surface area (Å²) in [6.45, 7) is 3.59. The van der Waals surface area contributed by atoms with Crippen LogP contribution in [0.3, 0.4) is 0 Å². The van der Waals surface area contributed by atoms with Crippen molar-refractivity contribution in [3.63, 3.8) is 0 Å². The highest BCUT2D eigenvalue weighted by Crippen LogP contribution is 2.28. The third-order valence-corrected chi connectivity index (χ3v) is 4.91. The van der Waals surface area contributed by atoms with Crippen molar-refractivity contribution in [3.05, 3.63) is 64.7 Å². The number of aryl methyl sites for hydroxylation is 1. The molecule has 0 aliphatic carbocycles. The van der Waals surface area contributed by atoms with Crippen molar-refractivity contribution in [1.82, 2.24) is 19.3 Å². The number of imidazole rings is 1. The molecule has 6 heteroatoms. The van der Waals surface area contributed by atoms with Crippen LogP contribution < -0.4 is 0 Å². The molecule has 3 heterocycles. The first-order chi connectivity index (χ1) is 12.1. The van der Waals surface area contributed by atoms with Crippen LogP contribution in [0.5, 0.6) is 0 Å². The molecule has 0 spiro atoms. The summed E-state index contributed by atoms with van der Waals surface area (Å²) in [5.74, 6) is 0.821. The summed E-state index contributed by atoms with van der Waals surface area (Å²) in [5, 5.41) is 0.515. The van der Waals surface area contributed by atoms with Gasteiger partial charge >= 0.3 is 0 Å². The number of nitrogens with zero attached hydrogens (tertiary/aromatic N) is 4. The molecule has 2 aromatic heterocycles.